The zero-order chi connectivity index (χ0) is 13.8. The van der Waals surface area contributed by atoms with E-state index in [2.05, 4.69) is 23.5 Å². The van der Waals surface area contributed by atoms with Crippen molar-refractivity contribution in [1.29, 1.82) is 5.26 Å². The van der Waals surface area contributed by atoms with E-state index in [0.29, 0.717) is 12.1 Å². The van der Waals surface area contributed by atoms with E-state index >= 15 is 0 Å². The average molecular weight is 270 g/mol. The summed E-state index contributed by atoms with van der Waals surface area (Å²) in [7, 11) is 0. The van der Waals surface area contributed by atoms with Crippen molar-refractivity contribution < 1.29 is 4.74 Å². The molecule has 3 heteroatoms. The molecule has 0 radical (unpaired) electrons. The molecule has 1 aliphatic heterocycles. The van der Waals surface area contributed by atoms with Gasteiger partial charge in [-0.25, -0.2) is 0 Å². The van der Waals surface area contributed by atoms with Gasteiger partial charge in [0.1, 0.15) is 0 Å². The number of nitrogens with one attached hydrogen (secondary N) is 1. The summed E-state index contributed by atoms with van der Waals surface area (Å²) in [4.78, 5) is 0. The van der Waals surface area contributed by atoms with Gasteiger partial charge in [-0.05, 0) is 37.7 Å². The third-order valence-corrected chi connectivity index (χ3v) is 4.64. The van der Waals surface area contributed by atoms with Crippen LogP contribution >= 0.6 is 0 Å². The Morgan fingerprint density at radius 1 is 1.25 bits per heavy atom. The van der Waals surface area contributed by atoms with Crippen molar-refractivity contribution in [2.75, 3.05) is 13.2 Å². The van der Waals surface area contributed by atoms with Gasteiger partial charge in [0.05, 0.1) is 17.6 Å². The van der Waals surface area contributed by atoms with E-state index in [4.69, 9.17) is 4.74 Å². The highest BCUT2D eigenvalue weighted by Crippen LogP contribution is 2.43. The average Bonchev–Trinajstić information content (AvgIpc) is 2.48. The zero-order valence-electron chi connectivity index (χ0n) is 11.8. The first-order chi connectivity index (χ1) is 9.82. The molecule has 2 aliphatic rings. The molecule has 1 atom stereocenters. The van der Waals surface area contributed by atoms with Crippen LogP contribution in [0.3, 0.4) is 0 Å². The van der Waals surface area contributed by atoms with E-state index in [1.165, 1.54) is 19.3 Å². The van der Waals surface area contributed by atoms with E-state index in [1.54, 1.807) is 0 Å². The van der Waals surface area contributed by atoms with Gasteiger partial charge >= 0.3 is 0 Å². The predicted octanol–water partition coefficient (Wildman–Crippen LogP) is 2.77. The van der Waals surface area contributed by atoms with Crippen LogP contribution in [0.5, 0.6) is 0 Å². The Balaban J connectivity index is 1.51. The Kier molecular flexibility index (Phi) is 4.05. The number of ether oxygens (including phenoxy) is 1. The Hall–Kier alpha value is -1.37. The SMILES string of the molecule is N#CC1(c2ccccc2)CC(NCC2CCCCO2)C1. The van der Waals surface area contributed by atoms with Gasteiger partial charge in [0.2, 0.25) is 0 Å². The maximum Gasteiger partial charge on any atom is 0.0852 e. The van der Waals surface area contributed by atoms with E-state index in [-0.39, 0.29) is 5.41 Å². The van der Waals surface area contributed by atoms with Crippen molar-refractivity contribution in [2.45, 2.75) is 49.7 Å². The van der Waals surface area contributed by atoms with Crippen LogP contribution in [0.2, 0.25) is 0 Å². The van der Waals surface area contributed by atoms with Gasteiger partial charge in [-0.3, -0.25) is 0 Å². The minimum absolute atomic E-state index is 0.271. The molecule has 106 valence electrons. The molecule has 1 saturated carbocycles. The molecular weight excluding hydrogens is 248 g/mol. The highest BCUT2D eigenvalue weighted by atomic mass is 16.5. The lowest BCUT2D eigenvalue weighted by molar-refractivity contribution is 0.0121. The molecule has 0 spiro atoms. The van der Waals surface area contributed by atoms with E-state index in [0.717, 1.165) is 31.6 Å². The minimum Gasteiger partial charge on any atom is -0.377 e. The summed E-state index contributed by atoms with van der Waals surface area (Å²) in [6, 6.07) is 13.2. The first-order valence-corrected chi connectivity index (χ1v) is 7.64. The molecular formula is C17H22N2O. The van der Waals surface area contributed by atoms with Crippen LogP contribution in [0.25, 0.3) is 0 Å². The molecule has 3 rings (SSSR count). The van der Waals surface area contributed by atoms with Crippen molar-refractivity contribution in [3.63, 3.8) is 0 Å². The number of hydrogen-bond acceptors (Lipinski definition) is 3. The van der Waals surface area contributed by atoms with Crippen LogP contribution < -0.4 is 5.32 Å². The second-order valence-electron chi connectivity index (χ2n) is 6.06. The molecule has 20 heavy (non-hydrogen) atoms. The number of nitrogens with zero attached hydrogens (tertiary/aromatic N) is 1. The van der Waals surface area contributed by atoms with Crippen molar-refractivity contribution >= 4 is 0 Å². The molecule has 1 aliphatic carbocycles. The van der Waals surface area contributed by atoms with Crippen LogP contribution in [-0.2, 0) is 10.2 Å². The van der Waals surface area contributed by atoms with Crippen molar-refractivity contribution in [3.05, 3.63) is 35.9 Å². The predicted molar refractivity (Wildman–Crippen MR) is 78.3 cm³/mol. The molecule has 1 aromatic carbocycles. The van der Waals surface area contributed by atoms with Crippen LogP contribution in [0.1, 0.15) is 37.7 Å². The van der Waals surface area contributed by atoms with Gasteiger partial charge in [0, 0.05) is 19.2 Å². The lowest BCUT2D eigenvalue weighted by Crippen LogP contribution is -2.52. The topological polar surface area (TPSA) is 45.0 Å². The summed E-state index contributed by atoms with van der Waals surface area (Å²) in [5.74, 6) is 0. The summed E-state index contributed by atoms with van der Waals surface area (Å²) in [6.45, 7) is 1.84. The summed E-state index contributed by atoms with van der Waals surface area (Å²) >= 11 is 0. The smallest absolute Gasteiger partial charge is 0.0852 e. The van der Waals surface area contributed by atoms with Gasteiger partial charge in [-0.2, -0.15) is 5.26 Å². The largest absolute Gasteiger partial charge is 0.377 e. The Morgan fingerprint density at radius 3 is 2.70 bits per heavy atom. The minimum atomic E-state index is -0.271. The van der Waals surface area contributed by atoms with Gasteiger partial charge in [0.15, 0.2) is 0 Å². The maximum absolute atomic E-state index is 9.52. The Labute approximate surface area is 120 Å². The molecule has 2 fully saturated rings. The molecule has 1 heterocycles. The fourth-order valence-corrected chi connectivity index (χ4v) is 3.34. The highest BCUT2D eigenvalue weighted by molar-refractivity contribution is 5.36. The fraction of sp³-hybridized carbons (Fsp3) is 0.588. The molecule has 1 saturated heterocycles. The van der Waals surface area contributed by atoms with Crippen LogP contribution in [-0.4, -0.2) is 25.3 Å². The van der Waals surface area contributed by atoms with Crippen LogP contribution in [0, 0.1) is 11.3 Å². The molecule has 0 bridgehead atoms. The van der Waals surface area contributed by atoms with Gasteiger partial charge in [-0.15, -0.1) is 0 Å². The second-order valence-corrected chi connectivity index (χ2v) is 6.06. The molecule has 1 N–H and O–H groups in total. The Bertz CT molecular complexity index is 468. The summed E-state index contributed by atoms with van der Waals surface area (Å²) < 4.78 is 5.73. The monoisotopic (exact) mass is 270 g/mol. The first-order valence-electron chi connectivity index (χ1n) is 7.64. The number of rotatable bonds is 4. The summed E-state index contributed by atoms with van der Waals surface area (Å²) in [5.41, 5.74) is 0.890. The molecule has 3 nitrogen and oxygen atoms in total. The molecule has 0 amide bonds. The van der Waals surface area contributed by atoms with Crippen molar-refractivity contribution in [3.8, 4) is 6.07 Å². The number of benzene rings is 1. The van der Waals surface area contributed by atoms with E-state index < -0.39 is 0 Å². The second kappa shape index (κ2) is 5.95. The van der Waals surface area contributed by atoms with E-state index in [9.17, 15) is 5.26 Å². The highest BCUT2D eigenvalue weighted by Gasteiger charge is 2.45. The lowest BCUT2D eigenvalue weighted by atomic mass is 9.62. The Morgan fingerprint density at radius 2 is 2.05 bits per heavy atom. The fourth-order valence-electron chi connectivity index (χ4n) is 3.34. The van der Waals surface area contributed by atoms with Gasteiger partial charge < -0.3 is 10.1 Å². The third kappa shape index (κ3) is 2.72. The molecule has 0 aromatic heterocycles. The molecule has 1 unspecified atom stereocenters. The summed E-state index contributed by atoms with van der Waals surface area (Å²) in [6.07, 6.45) is 5.86. The quantitative estimate of drug-likeness (QED) is 0.915. The van der Waals surface area contributed by atoms with Crippen LogP contribution in [0.15, 0.2) is 30.3 Å². The van der Waals surface area contributed by atoms with E-state index in [1.807, 2.05) is 18.2 Å². The van der Waals surface area contributed by atoms with Gasteiger partial charge in [0.25, 0.3) is 0 Å². The van der Waals surface area contributed by atoms with Gasteiger partial charge in [-0.1, -0.05) is 30.3 Å². The normalized spacial score (nSPS) is 33.1. The van der Waals surface area contributed by atoms with Crippen molar-refractivity contribution in [2.24, 2.45) is 0 Å². The zero-order valence-corrected chi connectivity index (χ0v) is 11.8. The number of hydrogen-bond donors (Lipinski definition) is 1. The lowest BCUT2D eigenvalue weighted by Gasteiger charge is -2.44. The summed E-state index contributed by atoms with van der Waals surface area (Å²) in [5, 5.41) is 13.1. The number of nitriles is 1. The van der Waals surface area contributed by atoms with Crippen LogP contribution in [0.4, 0.5) is 0 Å². The van der Waals surface area contributed by atoms with Crippen molar-refractivity contribution in [1.82, 2.24) is 5.32 Å². The third-order valence-electron chi connectivity index (χ3n) is 4.64. The molecule has 1 aromatic rings. The maximum atomic E-state index is 9.52. The standard InChI is InChI=1S/C17H22N2O/c18-13-17(14-6-2-1-3-7-14)10-15(11-17)19-12-16-8-4-5-9-20-16/h1-3,6-7,15-16,19H,4-5,8-12H2. The first kappa shape index (κ1) is 13.6.